The predicted octanol–water partition coefficient (Wildman–Crippen LogP) is 1.87. The highest BCUT2D eigenvalue weighted by molar-refractivity contribution is 5.68. The first-order valence-electron chi connectivity index (χ1n) is 6.14. The van der Waals surface area contributed by atoms with Crippen LogP contribution >= 0.6 is 0 Å². The van der Waals surface area contributed by atoms with Gasteiger partial charge in [-0.25, -0.2) is 4.79 Å². The molecule has 0 aliphatic carbocycles. The number of carbonyl (C=O) groups excluding carboxylic acids is 2. The lowest BCUT2D eigenvalue weighted by Crippen LogP contribution is -2.06. The van der Waals surface area contributed by atoms with E-state index in [0.29, 0.717) is 32.1 Å². The van der Waals surface area contributed by atoms with Crippen LogP contribution in [-0.4, -0.2) is 29.9 Å². The lowest BCUT2D eigenvalue weighted by atomic mass is 10.2. The summed E-state index contributed by atoms with van der Waals surface area (Å²) < 4.78 is 0. The topological polar surface area (TPSA) is 89.9 Å². The third kappa shape index (κ3) is 12.6. The summed E-state index contributed by atoms with van der Waals surface area (Å²) in [5.41, 5.74) is 0. The number of unbranched alkanes of at least 4 members (excludes halogenated alkanes) is 4. The van der Waals surface area contributed by atoms with Crippen molar-refractivity contribution in [3.05, 3.63) is 0 Å². The average molecular weight is 260 g/mol. The van der Waals surface area contributed by atoms with Crippen LogP contribution in [0.3, 0.4) is 0 Å². The zero-order chi connectivity index (χ0) is 13.6. The summed E-state index contributed by atoms with van der Waals surface area (Å²) >= 11 is 0. The van der Waals surface area contributed by atoms with Gasteiger partial charge >= 0.3 is 11.9 Å². The lowest BCUT2D eigenvalue weighted by molar-refractivity contribution is -0.272. The molecule has 0 fully saturated rings. The largest absolute Gasteiger partial charge is 0.481 e. The first-order chi connectivity index (χ1) is 8.66. The van der Waals surface area contributed by atoms with Crippen LogP contribution < -0.4 is 0 Å². The molecule has 104 valence electrons. The van der Waals surface area contributed by atoms with E-state index in [1.165, 1.54) is 0 Å². The van der Waals surface area contributed by atoms with Gasteiger partial charge in [0.05, 0.1) is 6.61 Å². The van der Waals surface area contributed by atoms with Crippen LogP contribution in [-0.2, 0) is 24.2 Å². The highest BCUT2D eigenvalue weighted by Crippen LogP contribution is 2.02. The number of carboxylic acids is 1. The van der Waals surface area contributed by atoms with Gasteiger partial charge < -0.3 is 9.90 Å². The van der Waals surface area contributed by atoms with E-state index in [1.807, 2.05) is 0 Å². The minimum Gasteiger partial charge on any atom is -0.481 e. The van der Waals surface area contributed by atoms with Crippen LogP contribution in [0.15, 0.2) is 0 Å². The van der Waals surface area contributed by atoms with Crippen LogP contribution in [0.5, 0.6) is 0 Å². The molecule has 0 aromatic rings. The van der Waals surface area contributed by atoms with Crippen LogP contribution in [0.2, 0.25) is 0 Å². The second kappa shape index (κ2) is 12.0. The molecule has 0 heterocycles. The van der Waals surface area contributed by atoms with E-state index in [0.717, 1.165) is 12.7 Å². The maximum atomic E-state index is 11.1. The van der Waals surface area contributed by atoms with Gasteiger partial charge in [-0.1, -0.05) is 6.42 Å². The first kappa shape index (κ1) is 16.6. The Morgan fingerprint density at radius 2 is 1.72 bits per heavy atom. The van der Waals surface area contributed by atoms with E-state index in [-0.39, 0.29) is 19.4 Å². The number of hydrogen-bond donors (Lipinski definition) is 1. The molecule has 0 amide bonds. The van der Waals surface area contributed by atoms with Crippen LogP contribution in [0.25, 0.3) is 0 Å². The lowest BCUT2D eigenvalue weighted by Gasteiger charge is -2.03. The van der Waals surface area contributed by atoms with Gasteiger partial charge in [0.1, 0.15) is 6.29 Å². The molecular formula is C12H20O6. The number of aliphatic carboxylic acids is 1. The number of aldehydes is 1. The van der Waals surface area contributed by atoms with Gasteiger partial charge in [0, 0.05) is 19.3 Å². The second-order valence-electron chi connectivity index (χ2n) is 3.89. The summed E-state index contributed by atoms with van der Waals surface area (Å²) in [5, 5.41) is 8.39. The Morgan fingerprint density at radius 3 is 2.39 bits per heavy atom. The molecule has 0 aliphatic heterocycles. The number of carbonyl (C=O) groups is 3. The molecule has 0 rings (SSSR count). The van der Waals surface area contributed by atoms with Crippen molar-refractivity contribution in [3.8, 4) is 0 Å². The Kier molecular flexibility index (Phi) is 11.1. The summed E-state index contributed by atoms with van der Waals surface area (Å²) in [6, 6.07) is 0. The van der Waals surface area contributed by atoms with Gasteiger partial charge in [0.15, 0.2) is 0 Å². The van der Waals surface area contributed by atoms with E-state index in [2.05, 4.69) is 4.89 Å². The molecule has 18 heavy (non-hydrogen) atoms. The maximum absolute atomic E-state index is 11.1. The summed E-state index contributed by atoms with van der Waals surface area (Å²) in [6.07, 6.45) is 4.93. The number of carboxylic acid groups (broad SMARTS) is 1. The molecule has 0 radical (unpaired) electrons. The molecule has 0 unspecified atom stereocenters. The van der Waals surface area contributed by atoms with Crippen molar-refractivity contribution in [3.63, 3.8) is 0 Å². The fourth-order valence-electron chi connectivity index (χ4n) is 1.26. The molecule has 0 aromatic heterocycles. The smallest absolute Gasteiger partial charge is 0.342 e. The summed E-state index contributed by atoms with van der Waals surface area (Å²) in [4.78, 5) is 40.5. The van der Waals surface area contributed by atoms with Crippen molar-refractivity contribution < 1.29 is 29.3 Å². The van der Waals surface area contributed by atoms with Crippen molar-refractivity contribution in [1.82, 2.24) is 0 Å². The standard InChI is InChI=1S/C12H20O6/c13-9-5-1-4-8-12(16)18-17-10-6-2-3-7-11(14)15/h9H,1-8,10H2,(H,14,15). The van der Waals surface area contributed by atoms with Crippen LogP contribution in [0, 0.1) is 0 Å². The van der Waals surface area contributed by atoms with Gasteiger partial charge in [0.25, 0.3) is 0 Å². The molecule has 0 atom stereocenters. The van der Waals surface area contributed by atoms with Crippen LogP contribution in [0.1, 0.15) is 51.4 Å². The predicted molar refractivity (Wildman–Crippen MR) is 62.7 cm³/mol. The SMILES string of the molecule is O=CCCCCC(=O)OOCCCCCC(=O)O. The minimum atomic E-state index is -0.808. The molecule has 6 heteroatoms. The van der Waals surface area contributed by atoms with E-state index >= 15 is 0 Å². The summed E-state index contributed by atoms with van der Waals surface area (Å²) in [7, 11) is 0. The van der Waals surface area contributed by atoms with E-state index in [1.54, 1.807) is 0 Å². The number of hydrogen-bond acceptors (Lipinski definition) is 5. The van der Waals surface area contributed by atoms with Gasteiger partial charge in [-0.05, 0) is 25.7 Å². The molecule has 0 saturated heterocycles. The fourth-order valence-corrected chi connectivity index (χ4v) is 1.26. The van der Waals surface area contributed by atoms with Gasteiger partial charge in [-0.2, -0.15) is 4.89 Å². The van der Waals surface area contributed by atoms with Crippen molar-refractivity contribution >= 4 is 18.2 Å². The third-order valence-electron chi connectivity index (χ3n) is 2.22. The maximum Gasteiger partial charge on any atom is 0.342 e. The van der Waals surface area contributed by atoms with E-state index < -0.39 is 11.9 Å². The van der Waals surface area contributed by atoms with Gasteiger partial charge in [0.2, 0.25) is 0 Å². The van der Waals surface area contributed by atoms with Gasteiger partial charge in [-0.3, -0.25) is 9.68 Å². The molecular weight excluding hydrogens is 240 g/mol. The molecule has 1 N–H and O–H groups in total. The quantitative estimate of drug-likeness (QED) is 0.249. The van der Waals surface area contributed by atoms with E-state index in [9.17, 15) is 14.4 Å². The Morgan fingerprint density at radius 1 is 1.00 bits per heavy atom. The molecule has 0 saturated carbocycles. The molecule has 6 nitrogen and oxygen atoms in total. The minimum absolute atomic E-state index is 0.149. The van der Waals surface area contributed by atoms with Crippen molar-refractivity contribution in [2.45, 2.75) is 51.4 Å². The molecule has 0 aromatic carbocycles. The average Bonchev–Trinajstić information content (AvgIpc) is 2.33. The molecule has 0 bridgehead atoms. The normalized spacial score (nSPS) is 10.0. The third-order valence-corrected chi connectivity index (χ3v) is 2.22. The highest BCUT2D eigenvalue weighted by atomic mass is 17.2. The zero-order valence-electron chi connectivity index (χ0n) is 10.4. The second-order valence-corrected chi connectivity index (χ2v) is 3.89. The first-order valence-corrected chi connectivity index (χ1v) is 6.14. The summed E-state index contributed by atoms with van der Waals surface area (Å²) in [5.74, 6) is -1.25. The Balaban J connectivity index is 3.19. The fraction of sp³-hybridized carbons (Fsp3) is 0.750. The Bertz CT molecular complexity index is 251. The monoisotopic (exact) mass is 260 g/mol. The zero-order valence-corrected chi connectivity index (χ0v) is 10.4. The Labute approximate surface area is 106 Å². The van der Waals surface area contributed by atoms with E-state index in [4.69, 9.17) is 9.99 Å². The summed E-state index contributed by atoms with van der Waals surface area (Å²) in [6.45, 7) is 0.277. The van der Waals surface area contributed by atoms with Crippen LogP contribution in [0.4, 0.5) is 0 Å². The molecule has 0 aliphatic rings. The highest BCUT2D eigenvalue weighted by Gasteiger charge is 2.03. The van der Waals surface area contributed by atoms with Gasteiger partial charge in [-0.15, -0.1) is 0 Å². The number of rotatable bonds is 12. The Hall–Kier alpha value is -1.43. The molecule has 0 spiro atoms. The van der Waals surface area contributed by atoms with Crippen molar-refractivity contribution in [2.24, 2.45) is 0 Å². The van der Waals surface area contributed by atoms with Crippen molar-refractivity contribution in [1.29, 1.82) is 0 Å². The van der Waals surface area contributed by atoms with Crippen molar-refractivity contribution in [2.75, 3.05) is 6.61 Å².